The minimum absolute atomic E-state index is 0.0492. The highest BCUT2D eigenvalue weighted by atomic mass is 35.5. The number of nitrogens with one attached hydrogen (secondary N) is 2. The molecule has 1 aromatic carbocycles. The number of hydrogen-bond donors (Lipinski definition) is 2. The summed E-state index contributed by atoms with van der Waals surface area (Å²) in [5, 5.41) is 2.26. The third kappa shape index (κ3) is 4.21. The van der Waals surface area contributed by atoms with Crippen LogP contribution >= 0.6 is 35.0 Å². The standard InChI is InChI=1S/C19H13Cl2N3O5S2/c1-2-23-31(27,28)17-13(20)4-9(5-14(17)21)12-8-22-7-10-3-11(29-16(10)12)6-15-18(25)24-19(26)30-15/h3-8,23H,2H2,1H3,(H,24,25,26)/b15-6-. The lowest BCUT2D eigenvalue weighted by molar-refractivity contribution is -0.115. The molecule has 2 amide bonds. The molecule has 4 rings (SSSR count). The van der Waals surface area contributed by atoms with Gasteiger partial charge in [-0.3, -0.25) is 19.9 Å². The molecule has 160 valence electrons. The lowest BCUT2D eigenvalue weighted by Crippen LogP contribution is -2.23. The molecule has 1 fully saturated rings. The predicted octanol–water partition coefficient (Wildman–Crippen LogP) is 4.42. The number of benzene rings is 1. The molecule has 3 heterocycles. The first-order valence-corrected chi connectivity index (χ1v) is 11.9. The van der Waals surface area contributed by atoms with Gasteiger partial charge in [-0.1, -0.05) is 30.1 Å². The number of aromatic nitrogens is 1. The molecule has 0 aliphatic carbocycles. The van der Waals surface area contributed by atoms with Crippen LogP contribution in [-0.4, -0.2) is 31.1 Å². The van der Waals surface area contributed by atoms with E-state index in [9.17, 15) is 18.0 Å². The van der Waals surface area contributed by atoms with Crippen LogP contribution < -0.4 is 10.0 Å². The van der Waals surface area contributed by atoms with Crippen molar-refractivity contribution in [3.05, 3.63) is 51.3 Å². The van der Waals surface area contributed by atoms with Gasteiger partial charge >= 0.3 is 0 Å². The minimum Gasteiger partial charge on any atom is -0.456 e. The van der Waals surface area contributed by atoms with Gasteiger partial charge in [-0.05, 0) is 35.5 Å². The Morgan fingerprint density at radius 1 is 1.19 bits per heavy atom. The molecule has 0 unspecified atom stereocenters. The number of hydrogen-bond acceptors (Lipinski definition) is 7. The van der Waals surface area contributed by atoms with Crippen molar-refractivity contribution in [1.82, 2.24) is 15.0 Å². The average Bonchev–Trinajstić information content (AvgIpc) is 3.22. The van der Waals surface area contributed by atoms with Crippen LogP contribution in [0.3, 0.4) is 0 Å². The number of fused-ring (bicyclic) bond motifs is 1. The van der Waals surface area contributed by atoms with E-state index in [0.717, 1.165) is 11.8 Å². The highest BCUT2D eigenvalue weighted by Gasteiger charge is 2.26. The van der Waals surface area contributed by atoms with Gasteiger partial charge in [0, 0.05) is 36.0 Å². The van der Waals surface area contributed by atoms with Crippen molar-refractivity contribution in [1.29, 1.82) is 0 Å². The zero-order chi connectivity index (χ0) is 22.3. The molecule has 0 bridgehead atoms. The molecular formula is C19H13Cl2N3O5S2. The van der Waals surface area contributed by atoms with Crippen molar-refractivity contribution in [2.24, 2.45) is 0 Å². The van der Waals surface area contributed by atoms with Gasteiger partial charge in [0.2, 0.25) is 10.0 Å². The fourth-order valence-electron chi connectivity index (χ4n) is 3.04. The number of carbonyl (C=O) groups excluding carboxylic acids is 2. The highest BCUT2D eigenvalue weighted by molar-refractivity contribution is 8.18. The zero-order valence-electron chi connectivity index (χ0n) is 15.7. The van der Waals surface area contributed by atoms with Crippen molar-refractivity contribution in [3.8, 4) is 11.1 Å². The fraction of sp³-hybridized carbons (Fsp3) is 0.105. The summed E-state index contributed by atoms with van der Waals surface area (Å²) < 4.78 is 33.0. The lowest BCUT2D eigenvalue weighted by Gasteiger charge is -2.11. The van der Waals surface area contributed by atoms with Crippen LogP contribution in [0.5, 0.6) is 0 Å². The van der Waals surface area contributed by atoms with E-state index >= 15 is 0 Å². The van der Waals surface area contributed by atoms with Gasteiger partial charge in [0.05, 0.1) is 15.0 Å². The van der Waals surface area contributed by atoms with Crippen LogP contribution in [-0.2, 0) is 14.8 Å². The Labute approximate surface area is 191 Å². The number of pyridine rings is 1. The second-order valence-corrected chi connectivity index (χ2v) is 9.91. The quantitative estimate of drug-likeness (QED) is 0.500. The molecule has 12 heteroatoms. The molecular weight excluding hydrogens is 485 g/mol. The predicted molar refractivity (Wildman–Crippen MR) is 119 cm³/mol. The normalized spacial score (nSPS) is 15.8. The molecule has 3 aromatic rings. The number of sulfonamides is 1. The Kier molecular flexibility index (Phi) is 5.84. The molecule has 1 saturated heterocycles. The summed E-state index contributed by atoms with van der Waals surface area (Å²) in [4.78, 5) is 27.3. The SMILES string of the molecule is CCNS(=O)(=O)c1c(Cl)cc(-c2cncc3cc(/C=C4\SC(=O)NC4=O)oc23)cc1Cl. The number of nitrogens with zero attached hydrogens (tertiary/aromatic N) is 1. The maximum Gasteiger partial charge on any atom is 0.290 e. The van der Waals surface area contributed by atoms with Crippen LogP contribution in [0.4, 0.5) is 4.79 Å². The Balaban J connectivity index is 1.81. The Hall–Kier alpha value is -2.37. The highest BCUT2D eigenvalue weighted by Crippen LogP contribution is 2.38. The van der Waals surface area contributed by atoms with Gasteiger partial charge in [-0.15, -0.1) is 0 Å². The van der Waals surface area contributed by atoms with E-state index < -0.39 is 21.2 Å². The maximum absolute atomic E-state index is 12.4. The lowest BCUT2D eigenvalue weighted by atomic mass is 10.1. The third-order valence-corrected chi connectivity index (χ3v) is 7.55. The summed E-state index contributed by atoms with van der Waals surface area (Å²) in [6.45, 7) is 1.83. The first-order chi connectivity index (χ1) is 14.7. The van der Waals surface area contributed by atoms with Gasteiger partial charge in [-0.25, -0.2) is 13.1 Å². The molecule has 0 saturated carbocycles. The summed E-state index contributed by atoms with van der Waals surface area (Å²) in [6.07, 6.45) is 4.56. The van der Waals surface area contributed by atoms with E-state index in [1.165, 1.54) is 24.4 Å². The summed E-state index contributed by atoms with van der Waals surface area (Å²) in [5.41, 5.74) is 1.46. The molecule has 1 aliphatic heterocycles. The number of halogens is 2. The zero-order valence-corrected chi connectivity index (χ0v) is 18.9. The third-order valence-electron chi connectivity index (χ3n) is 4.27. The number of amides is 2. The molecule has 31 heavy (non-hydrogen) atoms. The Morgan fingerprint density at radius 3 is 2.52 bits per heavy atom. The molecule has 8 nitrogen and oxygen atoms in total. The van der Waals surface area contributed by atoms with Gasteiger partial charge in [0.15, 0.2) is 0 Å². The van der Waals surface area contributed by atoms with Crippen molar-refractivity contribution >= 4 is 73.2 Å². The summed E-state index contributed by atoms with van der Waals surface area (Å²) in [7, 11) is -3.86. The number of carbonyl (C=O) groups is 2. The van der Waals surface area contributed by atoms with Crippen molar-refractivity contribution in [3.63, 3.8) is 0 Å². The summed E-state index contributed by atoms with van der Waals surface area (Å²) in [6, 6.07) is 4.60. The minimum atomic E-state index is -3.86. The van der Waals surface area contributed by atoms with Crippen molar-refractivity contribution < 1.29 is 22.4 Å². The molecule has 2 aromatic heterocycles. The second kappa shape index (κ2) is 8.29. The topological polar surface area (TPSA) is 118 Å². The summed E-state index contributed by atoms with van der Waals surface area (Å²) >= 11 is 13.3. The van der Waals surface area contributed by atoms with Gasteiger partial charge in [-0.2, -0.15) is 0 Å². The molecule has 2 N–H and O–H groups in total. The van der Waals surface area contributed by atoms with Crippen molar-refractivity contribution in [2.45, 2.75) is 11.8 Å². The average molecular weight is 498 g/mol. The Morgan fingerprint density at radius 2 is 1.90 bits per heavy atom. The number of thioether (sulfide) groups is 1. The van der Waals surface area contributed by atoms with E-state index in [-0.39, 0.29) is 26.4 Å². The van der Waals surface area contributed by atoms with E-state index in [4.69, 9.17) is 27.6 Å². The van der Waals surface area contributed by atoms with Crippen LogP contribution in [0.2, 0.25) is 10.0 Å². The van der Waals surface area contributed by atoms with Crippen molar-refractivity contribution in [2.75, 3.05) is 6.54 Å². The van der Waals surface area contributed by atoms with Crippen LogP contribution in [0.15, 0.2) is 44.8 Å². The van der Waals surface area contributed by atoms with Crippen LogP contribution in [0.25, 0.3) is 28.2 Å². The molecule has 1 aliphatic rings. The first-order valence-electron chi connectivity index (χ1n) is 8.81. The fourth-order valence-corrected chi connectivity index (χ4v) is 5.96. The van der Waals surface area contributed by atoms with Crippen LogP contribution in [0, 0.1) is 0 Å². The van der Waals surface area contributed by atoms with Gasteiger partial charge < -0.3 is 4.42 Å². The molecule has 0 atom stereocenters. The van der Waals surface area contributed by atoms with Gasteiger partial charge in [0.25, 0.3) is 11.1 Å². The number of rotatable bonds is 5. The molecule has 0 spiro atoms. The van der Waals surface area contributed by atoms with E-state index in [2.05, 4.69) is 15.0 Å². The van der Waals surface area contributed by atoms with E-state index in [1.807, 2.05) is 0 Å². The maximum atomic E-state index is 12.4. The number of imide groups is 1. The smallest absolute Gasteiger partial charge is 0.290 e. The monoisotopic (exact) mass is 497 g/mol. The summed E-state index contributed by atoms with van der Waals surface area (Å²) in [5.74, 6) is -0.148. The molecule has 0 radical (unpaired) electrons. The van der Waals surface area contributed by atoms with Crippen LogP contribution in [0.1, 0.15) is 12.7 Å². The Bertz CT molecular complexity index is 1360. The number of furan rings is 1. The van der Waals surface area contributed by atoms with E-state index in [1.54, 1.807) is 19.2 Å². The van der Waals surface area contributed by atoms with E-state index in [0.29, 0.717) is 27.9 Å². The second-order valence-electron chi connectivity index (χ2n) is 6.38. The first kappa shape index (κ1) is 21.8. The van der Waals surface area contributed by atoms with Gasteiger partial charge in [0.1, 0.15) is 16.2 Å². The largest absolute Gasteiger partial charge is 0.456 e.